The van der Waals surface area contributed by atoms with Crippen LogP contribution >= 0.6 is 0 Å². The zero-order valence-electron chi connectivity index (χ0n) is 11.1. The van der Waals surface area contributed by atoms with Gasteiger partial charge in [-0.2, -0.15) is 0 Å². The van der Waals surface area contributed by atoms with Crippen LogP contribution in [-0.4, -0.2) is 37.0 Å². The zero-order valence-corrected chi connectivity index (χ0v) is 11.1. The Morgan fingerprint density at radius 3 is 2.65 bits per heavy atom. The van der Waals surface area contributed by atoms with Crippen LogP contribution in [0.3, 0.4) is 0 Å². The van der Waals surface area contributed by atoms with Gasteiger partial charge in [0.15, 0.2) is 0 Å². The van der Waals surface area contributed by atoms with Gasteiger partial charge in [-0.05, 0) is 51.5 Å². The van der Waals surface area contributed by atoms with E-state index in [9.17, 15) is 5.11 Å². The van der Waals surface area contributed by atoms with E-state index < -0.39 is 0 Å². The van der Waals surface area contributed by atoms with E-state index in [0.29, 0.717) is 6.10 Å². The number of aliphatic hydroxyl groups excluding tert-OH is 1. The van der Waals surface area contributed by atoms with E-state index in [4.69, 9.17) is 4.74 Å². The van der Waals surface area contributed by atoms with Crippen LogP contribution in [0.5, 0.6) is 0 Å². The fraction of sp³-hybridized carbons (Fsp3) is 1.00. The lowest BCUT2D eigenvalue weighted by Crippen LogP contribution is -2.51. The summed E-state index contributed by atoms with van der Waals surface area (Å²) in [5, 5.41) is 12.8. The molecular weight excluding hydrogens is 214 g/mol. The van der Waals surface area contributed by atoms with Crippen LogP contribution < -0.4 is 5.32 Å². The minimum Gasteiger partial charge on any atom is -0.394 e. The molecule has 3 nitrogen and oxygen atoms in total. The van der Waals surface area contributed by atoms with Gasteiger partial charge in [0.25, 0.3) is 0 Å². The smallest absolute Gasteiger partial charge is 0.0614 e. The highest BCUT2D eigenvalue weighted by Crippen LogP contribution is 2.31. The predicted molar refractivity (Wildman–Crippen MR) is 69.0 cm³/mol. The summed E-state index contributed by atoms with van der Waals surface area (Å²) in [6.07, 6.45) is 10.2. The van der Waals surface area contributed by atoms with Gasteiger partial charge in [0, 0.05) is 12.1 Å². The molecule has 2 rings (SSSR count). The summed E-state index contributed by atoms with van der Waals surface area (Å²) in [5.74, 6) is 0.801. The predicted octanol–water partition coefficient (Wildman–Crippen LogP) is 2.09. The molecule has 2 saturated carbocycles. The molecule has 0 bridgehead atoms. The fourth-order valence-electron chi connectivity index (χ4n) is 3.35. The summed E-state index contributed by atoms with van der Waals surface area (Å²) in [5.41, 5.74) is -0.0847. The summed E-state index contributed by atoms with van der Waals surface area (Å²) in [6, 6.07) is 0. The standard InChI is InChI=1S/C14H27NO2/c1-15-14(11-16)8-4-7-13(9-14)17-10-12-5-2-3-6-12/h12-13,15-16H,2-11H2,1H3. The molecule has 3 heteroatoms. The van der Waals surface area contributed by atoms with E-state index in [0.717, 1.165) is 38.2 Å². The Labute approximate surface area is 105 Å². The first-order valence-corrected chi connectivity index (χ1v) is 7.19. The molecule has 2 atom stereocenters. The maximum Gasteiger partial charge on any atom is 0.0614 e. The van der Waals surface area contributed by atoms with Gasteiger partial charge in [0.1, 0.15) is 0 Å². The van der Waals surface area contributed by atoms with E-state index in [-0.39, 0.29) is 12.1 Å². The van der Waals surface area contributed by atoms with Crippen LogP contribution in [0.1, 0.15) is 51.4 Å². The van der Waals surface area contributed by atoms with Gasteiger partial charge >= 0.3 is 0 Å². The molecule has 17 heavy (non-hydrogen) atoms. The minimum atomic E-state index is -0.0847. The van der Waals surface area contributed by atoms with Gasteiger partial charge in [0.2, 0.25) is 0 Å². The maximum absolute atomic E-state index is 9.52. The van der Waals surface area contributed by atoms with Crippen molar-refractivity contribution in [2.24, 2.45) is 5.92 Å². The van der Waals surface area contributed by atoms with Crippen molar-refractivity contribution < 1.29 is 9.84 Å². The molecular formula is C14H27NO2. The number of rotatable bonds is 5. The minimum absolute atomic E-state index is 0.0847. The van der Waals surface area contributed by atoms with Crippen LogP contribution in [-0.2, 0) is 4.74 Å². The number of nitrogens with one attached hydrogen (secondary N) is 1. The topological polar surface area (TPSA) is 41.5 Å². The molecule has 0 aliphatic heterocycles. The number of hydrogen-bond acceptors (Lipinski definition) is 3. The van der Waals surface area contributed by atoms with E-state index in [2.05, 4.69) is 5.32 Å². The Bertz CT molecular complexity index is 222. The Morgan fingerprint density at radius 2 is 2.00 bits per heavy atom. The second-order valence-corrected chi connectivity index (χ2v) is 5.89. The molecule has 0 aromatic heterocycles. The molecule has 2 aliphatic rings. The third-order valence-electron chi connectivity index (χ3n) is 4.68. The number of ether oxygens (including phenoxy) is 1. The van der Waals surface area contributed by atoms with Crippen molar-refractivity contribution in [1.82, 2.24) is 5.32 Å². The van der Waals surface area contributed by atoms with E-state index >= 15 is 0 Å². The van der Waals surface area contributed by atoms with Gasteiger partial charge in [0.05, 0.1) is 12.7 Å². The van der Waals surface area contributed by atoms with Crippen molar-refractivity contribution in [1.29, 1.82) is 0 Å². The van der Waals surface area contributed by atoms with Crippen molar-refractivity contribution in [3.8, 4) is 0 Å². The fourth-order valence-corrected chi connectivity index (χ4v) is 3.35. The quantitative estimate of drug-likeness (QED) is 0.774. The van der Waals surface area contributed by atoms with Crippen LogP contribution in [0.15, 0.2) is 0 Å². The Hall–Kier alpha value is -0.120. The normalized spacial score (nSPS) is 35.3. The molecule has 2 fully saturated rings. The van der Waals surface area contributed by atoms with Crippen molar-refractivity contribution in [3.63, 3.8) is 0 Å². The van der Waals surface area contributed by atoms with E-state index in [1.807, 2.05) is 7.05 Å². The summed E-state index contributed by atoms with van der Waals surface area (Å²) >= 11 is 0. The summed E-state index contributed by atoms with van der Waals surface area (Å²) in [4.78, 5) is 0. The average molecular weight is 241 g/mol. The lowest BCUT2D eigenvalue weighted by Gasteiger charge is -2.39. The molecule has 2 N–H and O–H groups in total. The maximum atomic E-state index is 9.52. The highest BCUT2D eigenvalue weighted by molar-refractivity contribution is 4.93. The lowest BCUT2D eigenvalue weighted by atomic mass is 9.80. The largest absolute Gasteiger partial charge is 0.394 e. The molecule has 0 aromatic rings. The van der Waals surface area contributed by atoms with Gasteiger partial charge in [-0.15, -0.1) is 0 Å². The van der Waals surface area contributed by atoms with E-state index in [1.54, 1.807) is 0 Å². The summed E-state index contributed by atoms with van der Waals surface area (Å²) in [6.45, 7) is 1.17. The monoisotopic (exact) mass is 241 g/mol. The second-order valence-electron chi connectivity index (χ2n) is 5.89. The Morgan fingerprint density at radius 1 is 1.24 bits per heavy atom. The van der Waals surface area contributed by atoms with Crippen LogP contribution in [0.2, 0.25) is 0 Å². The highest BCUT2D eigenvalue weighted by Gasteiger charge is 2.35. The number of aliphatic hydroxyl groups is 1. The zero-order chi connectivity index (χ0) is 12.1. The molecule has 100 valence electrons. The van der Waals surface area contributed by atoms with Gasteiger partial charge in [-0.3, -0.25) is 0 Å². The summed E-state index contributed by atoms with van der Waals surface area (Å²) in [7, 11) is 1.95. The first-order valence-electron chi connectivity index (χ1n) is 7.19. The Kier molecular flexibility index (Phi) is 4.83. The van der Waals surface area contributed by atoms with E-state index in [1.165, 1.54) is 25.7 Å². The first-order chi connectivity index (χ1) is 8.28. The molecule has 2 unspecified atom stereocenters. The van der Waals surface area contributed by atoms with Crippen LogP contribution in [0.25, 0.3) is 0 Å². The summed E-state index contributed by atoms with van der Waals surface area (Å²) < 4.78 is 6.07. The molecule has 0 amide bonds. The van der Waals surface area contributed by atoms with Crippen LogP contribution in [0.4, 0.5) is 0 Å². The SMILES string of the molecule is CNC1(CO)CCCC(OCC2CCCC2)C1. The van der Waals surface area contributed by atoms with Crippen molar-refractivity contribution in [2.45, 2.75) is 63.0 Å². The average Bonchev–Trinajstić information content (AvgIpc) is 2.90. The van der Waals surface area contributed by atoms with Gasteiger partial charge in [-0.25, -0.2) is 0 Å². The molecule has 0 aromatic carbocycles. The van der Waals surface area contributed by atoms with Crippen LogP contribution in [0, 0.1) is 5.92 Å². The van der Waals surface area contributed by atoms with Crippen molar-refractivity contribution in [3.05, 3.63) is 0 Å². The molecule has 0 spiro atoms. The first kappa shape index (κ1) is 13.3. The third kappa shape index (κ3) is 3.43. The molecule has 0 radical (unpaired) electrons. The third-order valence-corrected chi connectivity index (χ3v) is 4.68. The molecule has 2 aliphatic carbocycles. The van der Waals surface area contributed by atoms with Crippen molar-refractivity contribution in [2.75, 3.05) is 20.3 Å². The lowest BCUT2D eigenvalue weighted by molar-refractivity contribution is -0.0264. The second kappa shape index (κ2) is 6.17. The highest BCUT2D eigenvalue weighted by atomic mass is 16.5. The molecule has 0 heterocycles. The van der Waals surface area contributed by atoms with Gasteiger partial charge < -0.3 is 15.2 Å². The van der Waals surface area contributed by atoms with Gasteiger partial charge in [-0.1, -0.05) is 12.8 Å². The van der Waals surface area contributed by atoms with Crippen molar-refractivity contribution >= 4 is 0 Å². The Balaban J connectivity index is 1.76. The molecule has 0 saturated heterocycles. The number of hydrogen-bond donors (Lipinski definition) is 2. The number of likely N-dealkylation sites (N-methyl/N-ethyl adjacent to an activating group) is 1.